The van der Waals surface area contributed by atoms with Crippen LogP contribution in [0.5, 0.6) is 0 Å². The van der Waals surface area contributed by atoms with Gasteiger partial charge in [0.15, 0.2) is 0 Å². The van der Waals surface area contributed by atoms with Crippen LogP contribution in [0.4, 0.5) is 11.6 Å². The Labute approximate surface area is 215 Å². The van der Waals surface area contributed by atoms with E-state index in [0.717, 1.165) is 21.5 Å². The van der Waals surface area contributed by atoms with E-state index in [1.54, 1.807) is 24.8 Å². The van der Waals surface area contributed by atoms with Crippen LogP contribution in [0.2, 0.25) is 0 Å². The summed E-state index contributed by atoms with van der Waals surface area (Å²) >= 11 is 0. The molecule has 6 aromatic rings. The third kappa shape index (κ3) is 6.02. The van der Waals surface area contributed by atoms with Crippen molar-refractivity contribution in [1.29, 1.82) is 0 Å². The van der Waals surface area contributed by atoms with Gasteiger partial charge in [-0.05, 0) is 22.9 Å². The zero-order valence-electron chi connectivity index (χ0n) is 18.9. The van der Waals surface area contributed by atoms with Crippen LogP contribution >= 0.6 is 0 Å². The van der Waals surface area contributed by atoms with Crippen LogP contribution < -0.4 is 20.9 Å². The Balaban J connectivity index is 0.000000160. The maximum Gasteiger partial charge on any atom is 2.00 e. The van der Waals surface area contributed by atoms with Crippen LogP contribution in [0.25, 0.3) is 21.5 Å². The molecular weight excluding hydrogens is 486 g/mol. The van der Waals surface area contributed by atoms with Crippen LogP contribution in [0.15, 0.2) is 132 Å². The molecule has 35 heavy (non-hydrogen) atoms. The van der Waals surface area contributed by atoms with Gasteiger partial charge in [-0.1, -0.05) is 108 Å². The van der Waals surface area contributed by atoms with E-state index in [9.17, 15) is 0 Å². The standard InChI is InChI=1S/2C14H10N3.Zn/c2*1-2-6-12-11(5-1)8-10-16-14(12)17-13-7-3-4-9-15-13;/h2*1-10H;/q2*-1;+2. The molecule has 4 heterocycles. The Hall–Kier alpha value is -4.22. The summed E-state index contributed by atoms with van der Waals surface area (Å²) in [6.45, 7) is 0. The summed E-state index contributed by atoms with van der Waals surface area (Å²) in [5.41, 5.74) is 1.35. The summed E-state index contributed by atoms with van der Waals surface area (Å²) in [7, 11) is 0. The Morgan fingerprint density at radius 2 is 0.914 bits per heavy atom. The minimum Gasteiger partial charge on any atom is -0.443 e. The second kappa shape index (κ2) is 11.8. The number of rotatable bonds is 2. The molecule has 0 amide bonds. The van der Waals surface area contributed by atoms with E-state index < -0.39 is 0 Å². The summed E-state index contributed by atoms with van der Waals surface area (Å²) in [5, 5.41) is 4.36. The summed E-state index contributed by atoms with van der Waals surface area (Å²) in [4.78, 5) is 25.8. The van der Waals surface area contributed by atoms with Gasteiger partial charge >= 0.3 is 19.5 Å². The average molecular weight is 506 g/mol. The van der Waals surface area contributed by atoms with E-state index in [0.29, 0.717) is 22.6 Å². The molecule has 0 bridgehead atoms. The number of hydrogen-bond acceptors (Lipinski definition) is 4. The van der Waals surface area contributed by atoms with Gasteiger partial charge < -0.3 is 20.0 Å². The first-order chi connectivity index (χ1) is 16.9. The Morgan fingerprint density at radius 1 is 0.486 bits per heavy atom. The molecular formula is C28H20N6Zn. The molecule has 2 aromatic carbocycles. The second-order valence-corrected chi connectivity index (χ2v) is 7.31. The Bertz CT molecular complexity index is 1510. The smallest absolute Gasteiger partial charge is 0.443 e. The van der Waals surface area contributed by atoms with Gasteiger partial charge in [0.05, 0.1) is 11.6 Å². The molecule has 0 fully saturated rings. The van der Waals surface area contributed by atoms with Crippen molar-refractivity contribution in [3.8, 4) is 0 Å². The summed E-state index contributed by atoms with van der Waals surface area (Å²) in [5.74, 6) is 1.42. The largest absolute Gasteiger partial charge is 2.00 e. The molecule has 0 N–H and O–H groups in total. The minimum absolute atomic E-state index is 0. The number of benzene rings is 2. The fourth-order valence-electron chi connectivity index (χ4n) is 3.44. The van der Waals surface area contributed by atoms with Crippen molar-refractivity contribution >= 4 is 33.2 Å². The van der Waals surface area contributed by atoms with E-state index >= 15 is 0 Å². The number of fused-ring (bicyclic) bond motifs is 2. The molecule has 0 atom stereocenters. The molecule has 0 saturated carbocycles. The zero-order chi connectivity index (χ0) is 23.0. The molecule has 0 aliphatic carbocycles. The van der Waals surface area contributed by atoms with Gasteiger partial charge in [0.1, 0.15) is 0 Å². The van der Waals surface area contributed by atoms with Gasteiger partial charge in [-0.15, -0.1) is 0 Å². The monoisotopic (exact) mass is 504 g/mol. The molecule has 4 aromatic heterocycles. The Kier molecular flexibility index (Phi) is 8.05. The SMILES string of the molecule is [Zn+2].c1ccc(=Nc2nccc3ccccc23)[n-]c1.c1ccc(=Nc2nccc3ccccc23)[n-]c1. The molecule has 164 valence electrons. The van der Waals surface area contributed by atoms with Crippen molar-refractivity contribution in [2.45, 2.75) is 0 Å². The third-order valence-electron chi connectivity index (χ3n) is 5.04. The van der Waals surface area contributed by atoms with Gasteiger partial charge in [0.25, 0.3) is 0 Å². The first kappa shape index (κ1) is 23.9. The number of aromatic nitrogens is 4. The quantitative estimate of drug-likeness (QED) is 0.315. The van der Waals surface area contributed by atoms with Crippen molar-refractivity contribution in [3.05, 3.63) is 133 Å². The third-order valence-corrected chi connectivity index (χ3v) is 5.04. The molecule has 0 unspecified atom stereocenters. The number of pyridine rings is 4. The van der Waals surface area contributed by atoms with E-state index in [1.807, 2.05) is 84.9 Å². The summed E-state index contributed by atoms with van der Waals surface area (Å²) in [6.07, 6.45) is 6.99. The number of hydrogen-bond donors (Lipinski definition) is 0. The first-order valence-corrected chi connectivity index (χ1v) is 10.8. The average Bonchev–Trinajstić information content (AvgIpc) is 2.91. The molecule has 7 heteroatoms. The van der Waals surface area contributed by atoms with Gasteiger partial charge in [0.2, 0.25) is 0 Å². The molecule has 0 saturated heterocycles. The van der Waals surface area contributed by atoms with Gasteiger partial charge in [-0.25, -0.2) is 0 Å². The van der Waals surface area contributed by atoms with Crippen LogP contribution in [0, 0.1) is 0 Å². The molecule has 6 nitrogen and oxygen atoms in total. The van der Waals surface area contributed by atoms with Crippen LogP contribution in [-0.4, -0.2) is 9.97 Å². The predicted octanol–water partition coefficient (Wildman–Crippen LogP) is 4.85. The van der Waals surface area contributed by atoms with E-state index in [4.69, 9.17) is 0 Å². The predicted molar refractivity (Wildman–Crippen MR) is 133 cm³/mol. The summed E-state index contributed by atoms with van der Waals surface area (Å²) < 4.78 is 0. The summed E-state index contributed by atoms with van der Waals surface area (Å²) in [6, 6.07) is 31.4. The number of nitrogens with zero attached hydrogens (tertiary/aromatic N) is 6. The minimum atomic E-state index is 0. The van der Waals surface area contributed by atoms with Gasteiger partial charge in [0, 0.05) is 23.2 Å². The maximum absolute atomic E-state index is 4.45. The topological polar surface area (TPSA) is 78.7 Å². The van der Waals surface area contributed by atoms with Crippen molar-refractivity contribution in [2.75, 3.05) is 0 Å². The van der Waals surface area contributed by atoms with Crippen molar-refractivity contribution in [1.82, 2.24) is 19.9 Å². The van der Waals surface area contributed by atoms with Gasteiger partial charge in [-0.3, -0.25) is 9.97 Å². The second-order valence-electron chi connectivity index (χ2n) is 7.31. The molecule has 0 aliphatic heterocycles. The fraction of sp³-hybridized carbons (Fsp3) is 0. The van der Waals surface area contributed by atoms with Crippen molar-refractivity contribution in [3.63, 3.8) is 0 Å². The van der Waals surface area contributed by atoms with Crippen LogP contribution in [0.1, 0.15) is 0 Å². The molecule has 0 radical (unpaired) electrons. The maximum atomic E-state index is 4.45. The van der Waals surface area contributed by atoms with Crippen LogP contribution in [0.3, 0.4) is 0 Å². The Morgan fingerprint density at radius 3 is 1.34 bits per heavy atom. The normalized spacial score (nSPS) is 11.5. The zero-order valence-corrected chi connectivity index (χ0v) is 21.9. The van der Waals surface area contributed by atoms with Crippen LogP contribution in [-0.2, 0) is 19.5 Å². The molecule has 0 aliphatic rings. The molecule has 6 rings (SSSR count). The fourth-order valence-corrected chi connectivity index (χ4v) is 3.44. The van der Waals surface area contributed by atoms with E-state index in [-0.39, 0.29) is 19.5 Å². The van der Waals surface area contributed by atoms with E-state index in [1.165, 1.54) is 0 Å². The van der Waals surface area contributed by atoms with Crippen molar-refractivity contribution in [2.24, 2.45) is 9.98 Å². The van der Waals surface area contributed by atoms with Crippen molar-refractivity contribution < 1.29 is 19.5 Å². The molecule has 0 spiro atoms. The van der Waals surface area contributed by atoms with Gasteiger partial charge in [-0.2, -0.15) is 0 Å². The van der Waals surface area contributed by atoms with E-state index in [2.05, 4.69) is 42.1 Å². The first-order valence-electron chi connectivity index (χ1n) is 10.8.